The van der Waals surface area contributed by atoms with E-state index in [1.807, 2.05) is 36.4 Å². The monoisotopic (exact) mass is 210 g/mol. The Bertz CT molecular complexity index is 696. The number of hydrogen-bond acceptors (Lipinski definition) is 2. The summed E-state index contributed by atoms with van der Waals surface area (Å²) >= 11 is 0. The summed E-state index contributed by atoms with van der Waals surface area (Å²) < 4.78 is 0. The van der Waals surface area contributed by atoms with E-state index in [9.17, 15) is 0 Å². The molecule has 0 aliphatic rings. The van der Waals surface area contributed by atoms with Crippen LogP contribution in [0.15, 0.2) is 36.4 Å². The Balaban J connectivity index is 2.49. The number of nitrogen functional groups attached to an aromatic ring is 1. The van der Waals surface area contributed by atoms with Crippen molar-refractivity contribution < 1.29 is 0 Å². The molecule has 3 aromatic rings. The summed E-state index contributed by atoms with van der Waals surface area (Å²) in [6, 6.07) is 12.0. The summed E-state index contributed by atoms with van der Waals surface area (Å²) in [5, 5.41) is 17.6. The van der Waals surface area contributed by atoms with Crippen molar-refractivity contribution in [3.63, 3.8) is 0 Å². The second-order valence-electron chi connectivity index (χ2n) is 3.70. The fourth-order valence-corrected chi connectivity index (χ4v) is 1.95. The number of amidine groups is 1. The van der Waals surface area contributed by atoms with Gasteiger partial charge < -0.3 is 5.73 Å². The normalized spacial score (nSPS) is 11.0. The van der Waals surface area contributed by atoms with Gasteiger partial charge in [0.15, 0.2) is 0 Å². The van der Waals surface area contributed by atoms with Crippen LogP contribution < -0.4 is 5.73 Å². The highest BCUT2D eigenvalue weighted by atomic mass is 15.1. The number of H-pyrrole nitrogens is 1. The molecular weight excluding hydrogens is 200 g/mol. The van der Waals surface area contributed by atoms with Gasteiger partial charge in [-0.1, -0.05) is 30.3 Å². The average Bonchev–Trinajstić information content (AvgIpc) is 2.73. The summed E-state index contributed by atoms with van der Waals surface area (Å²) in [4.78, 5) is 0. The quantitative estimate of drug-likeness (QED) is 0.424. The molecule has 0 unspecified atom stereocenters. The molecule has 0 bridgehead atoms. The predicted molar refractivity (Wildman–Crippen MR) is 64.6 cm³/mol. The van der Waals surface area contributed by atoms with Crippen LogP contribution in [0.2, 0.25) is 0 Å². The molecule has 78 valence electrons. The van der Waals surface area contributed by atoms with Crippen molar-refractivity contribution >= 4 is 27.5 Å². The molecule has 0 atom stereocenters. The molecule has 0 saturated heterocycles. The van der Waals surface area contributed by atoms with Gasteiger partial charge in [0.1, 0.15) is 17.0 Å². The summed E-state index contributed by atoms with van der Waals surface area (Å²) in [7, 11) is 0. The molecule has 0 radical (unpaired) electrons. The lowest BCUT2D eigenvalue weighted by atomic mass is 10.1. The third kappa shape index (κ3) is 1.10. The molecule has 2 aromatic carbocycles. The van der Waals surface area contributed by atoms with E-state index in [1.54, 1.807) is 0 Å². The minimum Gasteiger partial charge on any atom is -0.382 e. The van der Waals surface area contributed by atoms with E-state index in [4.69, 9.17) is 11.1 Å². The van der Waals surface area contributed by atoms with Crippen molar-refractivity contribution in [3.05, 3.63) is 42.1 Å². The number of nitrogens with two attached hydrogens (primary N) is 1. The molecule has 0 aliphatic carbocycles. The lowest BCUT2D eigenvalue weighted by Gasteiger charge is -1.98. The molecule has 4 heteroatoms. The summed E-state index contributed by atoms with van der Waals surface area (Å²) in [5.74, 6) is 0.0118. The van der Waals surface area contributed by atoms with Gasteiger partial charge in [-0.2, -0.15) is 5.10 Å². The van der Waals surface area contributed by atoms with E-state index < -0.39 is 0 Å². The lowest BCUT2D eigenvalue weighted by Crippen LogP contribution is -2.11. The number of benzene rings is 2. The fourth-order valence-electron chi connectivity index (χ4n) is 1.95. The van der Waals surface area contributed by atoms with Gasteiger partial charge in [-0.05, 0) is 11.5 Å². The van der Waals surface area contributed by atoms with Crippen LogP contribution in [-0.4, -0.2) is 16.0 Å². The van der Waals surface area contributed by atoms with Crippen LogP contribution in [0.3, 0.4) is 0 Å². The minimum atomic E-state index is 0.0118. The number of aromatic amines is 1. The van der Waals surface area contributed by atoms with E-state index in [0.717, 1.165) is 21.7 Å². The first-order valence-corrected chi connectivity index (χ1v) is 4.97. The van der Waals surface area contributed by atoms with Gasteiger partial charge in [-0.25, -0.2) is 0 Å². The topological polar surface area (TPSA) is 78.5 Å². The number of aromatic nitrogens is 2. The van der Waals surface area contributed by atoms with Gasteiger partial charge in [-0.3, -0.25) is 10.5 Å². The molecule has 4 N–H and O–H groups in total. The number of nitrogens with one attached hydrogen (secondary N) is 2. The van der Waals surface area contributed by atoms with Crippen LogP contribution in [0.4, 0.5) is 0 Å². The highest BCUT2D eigenvalue weighted by Gasteiger charge is 2.09. The first-order chi connectivity index (χ1) is 7.77. The van der Waals surface area contributed by atoms with Gasteiger partial charge in [0.25, 0.3) is 0 Å². The maximum atomic E-state index is 7.45. The molecule has 0 fully saturated rings. The molecular formula is C12H10N4. The number of hydrogen-bond donors (Lipinski definition) is 3. The van der Waals surface area contributed by atoms with Crippen LogP contribution in [0.5, 0.6) is 0 Å². The van der Waals surface area contributed by atoms with Crippen LogP contribution in [-0.2, 0) is 0 Å². The summed E-state index contributed by atoms with van der Waals surface area (Å²) in [5.41, 5.74) is 6.93. The zero-order chi connectivity index (χ0) is 11.1. The molecule has 16 heavy (non-hydrogen) atoms. The Kier molecular flexibility index (Phi) is 1.71. The Labute approximate surface area is 91.6 Å². The van der Waals surface area contributed by atoms with E-state index in [1.165, 1.54) is 0 Å². The van der Waals surface area contributed by atoms with Crippen molar-refractivity contribution in [2.24, 2.45) is 5.73 Å². The van der Waals surface area contributed by atoms with Crippen molar-refractivity contribution in [2.75, 3.05) is 0 Å². The fraction of sp³-hybridized carbons (Fsp3) is 0. The van der Waals surface area contributed by atoms with Crippen LogP contribution >= 0.6 is 0 Å². The van der Waals surface area contributed by atoms with E-state index in [2.05, 4.69) is 10.2 Å². The van der Waals surface area contributed by atoms with Gasteiger partial charge in [-0.15, -0.1) is 0 Å². The first-order valence-electron chi connectivity index (χ1n) is 4.97. The lowest BCUT2D eigenvalue weighted by molar-refractivity contribution is 1.10. The average molecular weight is 210 g/mol. The van der Waals surface area contributed by atoms with Gasteiger partial charge in [0.05, 0.1) is 0 Å². The van der Waals surface area contributed by atoms with Crippen LogP contribution in [0.25, 0.3) is 21.7 Å². The van der Waals surface area contributed by atoms with Crippen molar-refractivity contribution in [2.45, 2.75) is 0 Å². The maximum Gasteiger partial charge on any atom is 0.141 e. The van der Waals surface area contributed by atoms with E-state index in [0.29, 0.717) is 5.69 Å². The second kappa shape index (κ2) is 3.06. The molecule has 0 spiro atoms. The minimum absolute atomic E-state index is 0.0118. The third-order valence-corrected chi connectivity index (χ3v) is 2.72. The van der Waals surface area contributed by atoms with Gasteiger partial charge >= 0.3 is 0 Å². The molecule has 0 saturated carbocycles. The molecule has 0 aliphatic heterocycles. The predicted octanol–water partition coefficient (Wildman–Crippen LogP) is 2.00. The Hall–Kier alpha value is -2.36. The Morgan fingerprint density at radius 2 is 1.94 bits per heavy atom. The summed E-state index contributed by atoms with van der Waals surface area (Å²) in [6.45, 7) is 0. The molecule has 1 heterocycles. The smallest absolute Gasteiger partial charge is 0.141 e. The highest BCUT2D eigenvalue weighted by molar-refractivity contribution is 6.13. The van der Waals surface area contributed by atoms with Gasteiger partial charge in [0.2, 0.25) is 0 Å². The number of rotatable bonds is 1. The zero-order valence-electron chi connectivity index (χ0n) is 8.49. The standard InChI is InChI=1S/C12H10N4/c13-12(14)11-9-6-5-7-3-1-2-4-8(7)10(9)15-16-11/h1-6H,(H3,13,14)(H,15,16). The zero-order valence-corrected chi connectivity index (χ0v) is 8.49. The van der Waals surface area contributed by atoms with Crippen LogP contribution in [0.1, 0.15) is 5.69 Å². The largest absolute Gasteiger partial charge is 0.382 e. The Morgan fingerprint density at radius 3 is 2.75 bits per heavy atom. The van der Waals surface area contributed by atoms with E-state index in [-0.39, 0.29) is 5.84 Å². The van der Waals surface area contributed by atoms with E-state index >= 15 is 0 Å². The van der Waals surface area contributed by atoms with Crippen molar-refractivity contribution in [3.8, 4) is 0 Å². The molecule has 1 aromatic heterocycles. The van der Waals surface area contributed by atoms with Crippen molar-refractivity contribution in [1.82, 2.24) is 10.2 Å². The summed E-state index contributed by atoms with van der Waals surface area (Å²) in [6.07, 6.45) is 0. The maximum absolute atomic E-state index is 7.45. The number of fused-ring (bicyclic) bond motifs is 3. The molecule has 4 nitrogen and oxygen atoms in total. The van der Waals surface area contributed by atoms with Crippen LogP contribution in [0, 0.1) is 5.41 Å². The highest BCUT2D eigenvalue weighted by Crippen LogP contribution is 2.25. The van der Waals surface area contributed by atoms with Crippen molar-refractivity contribution in [1.29, 1.82) is 5.41 Å². The molecule has 3 rings (SSSR count). The Morgan fingerprint density at radius 1 is 1.12 bits per heavy atom. The first kappa shape index (κ1) is 8.91. The number of nitrogens with zero attached hydrogens (tertiary/aromatic N) is 1. The SMILES string of the molecule is N=C(N)c1[nH]nc2c1ccc1ccccc12. The van der Waals surface area contributed by atoms with Gasteiger partial charge in [0, 0.05) is 10.8 Å². The molecule has 0 amide bonds. The third-order valence-electron chi connectivity index (χ3n) is 2.72. The second-order valence-corrected chi connectivity index (χ2v) is 3.70.